The summed E-state index contributed by atoms with van der Waals surface area (Å²) in [6.45, 7) is 1.54. The van der Waals surface area contributed by atoms with Crippen LogP contribution in [-0.2, 0) is 21.2 Å². The molecule has 0 saturated carbocycles. The minimum atomic E-state index is -3.35. The minimum Gasteiger partial charge on any atom is -0.294 e. The standard InChI is InChI=1S/C10H15N3O3S/c1-2-17(15,16)13-9-6-4-3-5-8(9)7-10(14)12-11/h3-6,13H,2,7,11H2,1H3,(H,12,14). The number of carbonyl (C=O) groups is 1. The van der Waals surface area contributed by atoms with E-state index in [1.807, 2.05) is 5.43 Å². The Hall–Kier alpha value is -1.60. The van der Waals surface area contributed by atoms with Gasteiger partial charge in [-0.1, -0.05) is 18.2 Å². The van der Waals surface area contributed by atoms with E-state index in [0.29, 0.717) is 11.3 Å². The first-order chi connectivity index (χ1) is 7.98. The number of para-hydroxylation sites is 1. The molecular formula is C10H15N3O3S. The Bertz CT molecular complexity index is 499. The summed E-state index contributed by atoms with van der Waals surface area (Å²) in [5.41, 5.74) is 2.98. The molecule has 4 N–H and O–H groups in total. The monoisotopic (exact) mass is 257 g/mol. The van der Waals surface area contributed by atoms with Crippen LogP contribution >= 0.6 is 0 Å². The molecule has 1 rings (SSSR count). The summed E-state index contributed by atoms with van der Waals surface area (Å²) in [6, 6.07) is 6.69. The van der Waals surface area contributed by atoms with Crippen molar-refractivity contribution < 1.29 is 13.2 Å². The lowest BCUT2D eigenvalue weighted by molar-refractivity contribution is -0.120. The number of amides is 1. The minimum absolute atomic E-state index is 0.0234. The third kappa shape index (κ3) is 4.04. The lowest BCUT2D eigenvalue weighted by atomic mass is 10.1. The predicted molar refractivity (Wildman–Crippen MR) is 65.6 cm³/mol. The largest absolute Gasteiger partial charge is 0.294 e. The SMILES string of the molecule is CCS(=O)(=O)Nc1ccccc1CC(=O)NN. The van der Waals surface area contributed by atoms with E-state index in [-0.39, 0.29) is 18.1 Å². The Morgan fingerprint density at radius 2 is 2.00 bits per heavy atom. The summed E-state index contributed by atoms with van der Waals surface area (Å²) in [7, 11) is -3.35. The maximum atomic E-state index is 11.4. The van der Waals surface area contributed by atoms with E-state index in [1.165, 1.54) is 6.92 Å². The average molecular weight is 257 g/mol. The molecule has 94 valence electrons. The molecule has 0 radical (unpaired) electrons. The van der Waals surface area contributed by atoms with Crippen molar-refractivity contribution in [2.75, 3.05) is 10.5 Å². The summed E-state index contributed by atoms with van der Waals surface area (Å²) >= 11 is 0. The lowest BCUT2D eigenvalue weighted by Gasteiger charge is -2.10. The van der Waals surface area contributed by atoms with Crippen LogP contribution in [-0.4, -0.2) is 20.1 Å². The van der Waals surface area contributed by atoms with Crippen molar-refractivity contribution in [1.29, 1.82) is 0 Å². The molecule has 7 heteroatoms. The van der Waals surface area contributed by atoms with Gasteiger partial charge < -0.3 is 0 Å². The predicted octanol–water partition coefficient (Wildman–Crippen LogP) is -0.0194. The molecule has 1 aromatic rings. The zero-order valence-electron chi connectivity index (χ0n) is 9.43. The number of sulfonamides is 1. The molecule has 0 aliphatic rings. The van der Waals surface area contributed by atoms with Gasteiger partial charge in [-0.15, -0.1) is 0 Å². The van der Waals surface area contributed by atoms with Crippen LogP contribution in [0.15, 0.2) is 24.3 Å². The summed E-state index contributed by atoms with van der Waals surface area (Å²) < 4.78 is 25.3. The van der Waals surface area contributed by atoms with E-state index in [0.717, 1.165) is 0 Å². The number of anilines is 1. The quantitative estimate of drug-likeness (QED) is 0.392. The molecule has 0 unspecified atom stereocenters. The average Bonchev–Trinajstić information content (AvgIpc) is 2.31. The van der Waals surface area contributed by atoms with Gasteiger partial charge in [0.05, 0.1) is 17.9 Å². The van der Waals surface area contributed by atoms with Crippen molar-refractivity contribution in [3.8, 4) is 0 Å². The van der Waals surface area contributed by atoms with Gasteiger partial charge >= 0.3 is 0 Å². The van der Waals surface area contributed by atoms with Crippen LogP contribution in [0.5, 0.6) is 0 Å². The van der Waals surface area contributed by atoms with E-state index in [9.17, 15) is 13.2 Å². The van der Waals surface area contributed by atoms with Gasteiger partial charge in [0.15, 0.2) is 0 Å². The van der Waals surface area contributed by atoms with Gasteiger partial charge in [-0.05, 0) is 18.6 Å². The number of hydrazine groups is 1. The molecule has 1 aromatic carbocycles. The highest BCUT2D eigenvalue weighted by atomic mass is 32.2. The first-order valence-electron chi connectivity index (χ1n) is 5.06. The van der Waals surface area contributed by atoms with Crippen LogP contribution < -0.4 is 16.0 Å². The zero-order valence-corrected chi connectivity index (χ0v) is 10.3. The van der Waals surface area contributed by atoms with E-state index in [4.69, 9.17) is 5.84 Å². The van der Waals surface area contributed by atoms with E-state index < -0.39 is 10.0 Å². The van der Waals surface area contributed by atoms with Crippen molar-refractivity contribution in [3.05, 3.63) is 29.8 Å². The highest BCUT2D eigenvalue weighted by Gasteiger charge is 2.11. The summed E-state index contributed by atoms with van der Waals surface area (Å²) in [6.07, 6.45) is 0.0267. The Kier molecular flexibility index (Phi) is 4.47. The van der Waals surface area contributed by atoms with Crippen LogP contribution in [0.2, 0.25) is 0 Å². The van der Waals surface area contributed by atoms with E-state index >= 15 is 0 Å². The van der Waals surface area contributed by atoms with Gasteiger partial charge in [0, 0.05) is 0 Å². The van der Waals surface area contributed by atoms with E-state index in [1.54, 1.807) is 24.3 Å². The molecule has 0 saturated heterocycles. The van der Waals surface area contributed by atoms with Crippen LogP contribution in [0.1, 0.15) is 12.5 Å². The molecule has 6 nitrogen and oxygen atoms in total. The molecule has 1 amide bonds. The third-order valence-corrected chi connectivity index (χ3v) is 3.47. The zero-order chi connectivity index (χ0) is 12.9. The lowest BCUT2D eigenvalue weighted by Crippen LogP contribution is -2.31. The van der Waals surface area contributed by atoms with Gasteiger partial charge in [0.25, 0.3) is 0 Å². The molecule has 0 heterocycles. The smallest absolute Gasteiger partial charge is 0.238 e. The second kappa shape index (κ2) is 5.65. The Morgan fingerprint density at radius 3 is 2.59 bits per heavy atom. The Morgan fingerprint density at radius 1 is 1.35 bits per heavy atom. The van der Waals surface area contributed by atoms with Crippen LogP contribution in [0, 0.1) is 0 Å². The van der Waals surface area contributed by atoms with Crippen LogP contribution in [0.3, 0.4) is 0 Å². The van der Waals surface area contributed by atoms with Gasteiger partial charge in [-0.25, -0.2) is 14.3 Å². The van der Waals surface area contributed by atoms with Gasteiger partial charge in [-0.2, -0.15) is 0 Å². The molecule has 0 fully saturated rings. The van der Waals surface area contributed by atoms with Crippen molar-refractivity contribution in [3.63, 3.8) is 0 Å². The van der Waals surface area contributed by atoms with Crippen LogP contribution in [0.4, 0.5) is 5.69 Å². The van der Waals surface area contributed by atoms with E-state index in [2.05, 4.69) is 4.72 Å². The first kappa shape index (κ1) is 13.5. The number of benzene rings is 1. The Balaban J connectivity index is 2.96. The van der Waals surface area contributed by atoms with Crippen molar-refractivity contribution in [2.24, 2.45) is 5.84 Å². The Labute approximate surface area is 100 Å². The summed E-state index contributed by atoms with van der Waals surface area (Å²) in [4.78, 5) is 11.2. The fourth-order valence-electron chi connectivity index (χ4n) is 1.24. The fraction of sp³-hybridized carbons (Fsp3) is 0.300. The maximum absolute atomic E-state index is 11.4. The van der Waals surface area contributed by atoms with Gasteiger partial charge in [0.2, 0.25) is 15.9 Å². The number of carbonyl (C=O) groups excluding carboxylic acids is 1. The molecule has 17 heavy (non-hydrogen) atoms. The number of hydrogen-bond donors (Lipinski definition) is 3. The normalized spacial score (nSPS) is 10.9. The first-order valence-corrected chi connectivity index (χ1v) is 6.71. The molecular weight excluding hydrogens is 242 g/mol. The molecule has 0 spiro atoms. The molecule has 0 bridgehead atoms. The van der Waals surface area contributed by atoms with Crippen molar-refractivity contribution in [1.82, 2.24) is 5.43 Å². The highest BCUT2D eigenvalue weighted by molar-refractivity contribution is 7.92. The maximum Gasteiger partial charge on any atom is 0.238 e. The second-order valence-electron chi connectivity index (χ2n) is 3.41. The number of rotatable bonds is 5. The van der Waals surface area contributed by atoms with Gasteiger partial charge in [0.1, 0.15) is 0 Å². The molecule has 0 aromatic heterocycles. The summed E-state index contributed by atoms with van der Waals surface area (Å²) in [5, 5.41) is 0. The highest BCUT2D eigenvalue weighted by Crippen LogP contribution is 2.17. The number of hydrogen-bond acceptors (Lipinski definition) is 4. The van der Waals surface area contributed by atoms with Crippen molar-refractivity contribution in [2.45, 2.75) is 13.3 Å². The molecule has 0 aliphatic heterocycles. The molecule has 0 atom stereocenters. The molecule has 0 aliphatic carbocycles. The van der Waals surface area contributed by atoms with Crippen LogP contribution in [0.25, 0.3) is 0 Å². The van der Waals surface area contributed by atoms with Crippen molar-refractivity contribution >= 4 is 21.6 Å². The number of nitrogens with two attached hydrogens (primary N) is 1. The fourth-order valence-corrected chi connectivity index (χ4v) is 1.92. The topological polar surface area (TPSA) is 101 Å². The second-order valence-corrected chi connectivity index (χ2v) is 5.42. The number of nitrogens with one attached hydrogen (secondary N) is 2. The summed E-state index contributed by atoms with van der Waals surface area (Å²) in [5.74, 6) is 4.58. The van der Waals surface area contributed by atoms with Gasteiger partial charge in [-0.3, -0.25) is 14.9 Å². The third-order valence-electron chi connectivity index (χ3n) is 2.17.